The van der Waals surface area contributed by atoms with Gasteiger partial charge >= 0.3 is 6.09 Å². The van der Waals surface area contributed by atoms with E-state index in [0.717, 1.165) is 6.42 Å². The van der Waals surface area contributed by atoms with E-state index in [-0.39, 0.29) is 17.4 Å². The van der Waals surface area contributed by atoms with E-state index in [0.29, 0.717) is 12.8 Å². The number of amides is 1. The summed E-state index contributed by atoms with van der Waals surface area (Å²) in [6, 6.07) is 0. The fraction of sp³-hybridized carbons (Fsp3) is 0.938. The molecule has 1 amide bonds. The van der Waals surface area contributed by atoms with Crippen molar-refractivity contribution in [3.05, 3.63) is 0 Å². The molecule has 0 radical (unpaired) electrons. The highest BCUT2D eigenvalue weighted by Gasteiger charge is 2.46. The minimum Gasteiger partial charge on any atom is -0.444 e. The molecule has 1 fully saturated rings. The maximum absolute atomic E-state index is 11.7. The van der Waals surface area contributed by atoms with E-state index >= 15 is 0 Å². The van der Waals surface area contributed by atoms with Gasteiger partial charge in [0.1, 0.15) is 5.60 Å². The van der Waals surface area contributed by atoms with E-state index < -0.39 is 17.3 Å². The molecule has 20 heavy (non-hydrogen) atoms. The lowest BCUT2D eigenvalue weighted by Crippen LogP contribution is -2.52. The molecule has 0 aromatic heterocycles. The lowest BCUT2D eigenvalue weighted by atomic mass is 9.59. The van der Waals surface area contributed by atoms with Crippen molar-refractivity contribution in [2.24, 2.45) is 10.8 Å². The zero-order valence-electron chi connectivity index (χ0n) is 14.1. The predicted molar refractivity (Wildman–Crippen MR) is 80.6 cm³/mol. The first-order valence-corrected chi connectivity index (χ1v) is 7.41. The number of nitrogens with one attached hydrogen (secondary N) is 1. The summed E-state index contributed by atoms with van der Waals surface area (Å²) in [5.41, 5.74) is -1.22. The van der Waals surface area contributed by atoms with Crippen molar-refractivity contribution in [2.45, 2.75) is 78.9 Å². The van der Waals surface area contributed by atoms with Crippen molar-refractivity contribution in [3.63, 3.8) is 0 Å². The van der Waals surface area contributed by atoms with Gasteiger partial charge in [-0.05, 0) is 50.9 Å². The van der Waals surface area contributed by atoms with Crippen molar-refractivity contribution >= 4 is 6.09 Å². The molecule has 118 valence electrons. The zero-order valence-corrected chi connectivity index (χ0v) is 14.1. The topological polar surface area (TPSA) is 58.6 Å². The Kier molecular flexibility index (Phi) is 4.50. The number of rotatable bonds is 2. The van der Waals surface area contributed by atoms with Crippen LogP contribution in [0.3, 0.4) is 0 Å². The number of carbonyl (C=O) groups excluding carboxylic acids is 1. The minimum absolute atomic E-state index is 0.0755. The van der Waals surface area contributed by atoms with Crippen LogP contribution in [0.5, 0.6) is 0 Å². The van der Waals surface area contributed by atoms with Gasteiger partial charge in [0, 0.05) is 6.54 Å². The number of aliphatic hydroxyl groups is 1. The number of carbonyl (C=O) groups is 1. The second kappa shape index (κ2) is 5.21. The van der Waals surface area contributed by atoms with Gasteiger partial charge in [-0.1, -0.05) is 27.7 Å². The summed E-state index contributed by atoms with van der Waals surface area (Å²) < 4.78 is 5.22. The maximum Gasteiger partial charge on any atom is 0.407 e. The molecule has 0 heterocycles. The number of hydrogen-bond donors (Lipinski definition) is 2. The van der Waals surface area contributed by atoms with E-state index in [9.17, 15) is 9.90 Å². The van der Waals surface area contributed by atoms with Crippen LogP contribution in [0.4, 0.5) is 4.79 Å². The maximum atomic E-state index is 11.7. The highest BCUT2D eigenvalue weighted by Crippen LogP contribution is 2.49. The molecule has 0 aromatic carbocycles. The van der Waals surface area contributed by atoms with E-state index in [1.54, 1.807) is 0 Å². The number of hydrogen-bond acceptors (Lipinski definition) is 3. The van der Waals surface area contributed by atoms with Gasteiger partial charge in [-0.25, -0.2) is 4.79 Å². The van der Waals surface area contributed by atoms with E-state index in [1.165, 1.54) is 0 Å². The van der Waals surface area contributed by atoms with Crippen LogP contribution < -0.4 is 5.32 Å². The molecule has 1 rings (SSSR count). The quantitative estimate of drug-likeness (QED) is 0.816. The Morgan fingerprint density at radius 1 is 1.10 bits per heavy atom. The van der Waals surface area contributed by atoms with Crippen molar-refractivity contribution in [1.82, 2.24) is 5.32 Å². The molecule has 4 heteroatoms. The van der Waals surface area contributed by atoms with E-state index in [2.05, 4.69) is 33.0 Å². The van der Waals surface area contributed by atoms with Crippen LogP contribution in [0.25, 0.3) is 0 Å². The molecule has 1 aliphatic rings. The molecule has 0 bridgehead atoms. The van der Waals surface area contributed by atoms with Crippen LogP contribution in [-0.2, 0) is 4.74 Å². The van der Waals surface area contributed by atoms with Crippen molar-refractivity contribution < 1.29 is 14.6 Å². The number of ether oxygens (including phenoxy) is 1. The standard InChI is InChI=1S/C16H31NO3/c1-13(2,3)20-12(18)17-11-16(19)9-14(4,5)8-15(6,7)10-16/h19H,8-11H2,1-7H3,(H,17,18). The summed E-state index contributed by atoms with van der Waals surface area (Å²) in [7, 11) is 0. The molecular weight excluding hydrogens is 254 g/mol. The SMILES string of the molecule is CC1(C)CC(C)(C)CC(O)(CNC(=O)OC(C)(C)C)C1. The Labute approximate surface area is 123 Å². The number of alkyl carbamates (subject to hydrolysis) is 1. The minimum atomic E-state index is -0.859. The summed E-state index contributed by atoms with van der Waals surface area (Å²) in [5, 5.41) is 13.5. The monoisotopic (exact) mass is 285 g/mol. The Hall–Kier alpha value is -0.770. The van der Waals surface area contributed by atoms with Crippen molar-refractivity contribution in [3.8, 4) is 0 Å². The Morgan fingerprint density at radius 3 is 1.95 bits per heavy atom. The molecule has 0 saturated heterocycles. The van der Waals surface area contributed by atoms with Crippen LogP contribution in [-0.4, -0.2) is 28.9 Å². The molecule has 4 nitrogen and oxygen atoms in total. The summed E-state index contributed by atoms with van der Waals surface area (Å²) in [6.45, 7) is 14.4. The van der Waals surface area contributed by atoms with Crippen LogP contribution in [0.15, 0.2) is 0 Å². The van der Waals surface area contributed by atoms with Gasteiger partial charge in [0.15, 0.2) is 0 Å². The normalized spacial score (nSPS) is 24.0. The van der Waals surface area contributed by atoms with Gasteiger partial charge in [-0.3, -0.25) is 0 Å². The molecule has 0 aromatic rings. The Morgan fingerprint density at radius 2 is 1.55 bits per heavy atom. The molecule has 1 saturated carbocycles. The molecule has 1 aliphatic carbocycles. The zero-order chi connectivity index (χ0) is 15.8. The highest BCUT2D eigenvalue weighted by atomic mass is 16.6. The lowest BCUT2D eigenvalue weighted by molar-refractivity contribution is -0.0841. The lowest BCUT2D eigenvalue weighted by Gasteiger charge is -2.49. The van der Waals surface area contributed by atoms with E-state index in [4.69, 9.17) is 4.74 Å². The van der Waals surface area contributed by atoms with Gasteiger partial charge in [0.05, 0.1) is 5.60 Å². The predicted octanol–water partition coefficient (Wildman–Crippen LogP) is 3.48. The third-order valence-corrected chi connectivity index (χ3v) is 3.53. The van der Waals surface area contributed by atoms with Gasteiger partial charge < -0.3 is 15.2 Å². The van der Waals surface area contributed by atoms with Gasteiger partial charge in [-0.2, -0.15) is 0 Å². The summed E-state index contributed by atoms with van der Waals surface area (Å²) in [5.74, 6) is 0. The average molecular weight is 285 g/mol. The third kappa shape index (κ3) is 5.70. The molecule has 0 unspecified atom stereocenters. The molecule has 0 aliphatic heterocycles. The highest BCUT2D eigenvalue weighted by molar-refractivity contribution is 5.67. The largest absolute Gasteiger partial charge is 0.444 e. The van der Waals surface area contributed by atoms with Crippen LogP contribution in [0, 0.1) is 10.8 Å². The Bertz CT molecular complexity index is 350. The summed E-state index contributed by atoms with van der Waals surface area (Å²) >= 11 is 0. The van der Waals surface area contributed by atoms with Crippen LogP contribution >= 0.6 is 0 Å². The first-order valence-electron chi connectivity index (χ1n) is 7.41. The second-order valence-electron chi connectivity index (χ2n) is 8.94. The van der Waals surface area contributed by atoms with Gasteiger partial charge in [-0.15, -0.1) is 0 Å². The van der Waals surface area contributed by atoms with Crippen molar-refractivity contribution in [2.75, 3.05) is 6.54 Å². The fourth-order valence-electron chi connectivity index (χ4n) is 3.94. The van der Waals surface area contributed by atoms with Crippen LogP contribution in [0.2, 0.25) is 0 Å². The Balaban J connectivity index is 2.63. The van der Waals surface area contributed by atoms with Crippen LogP contribution in [0.1, 0.15) is 67.7 Å². The second-order valence-corrected chi connectivity index (χ2v) is 8.94. The molecule has 0 atom stereocenters. The fourth-order valence-corrected chi connectivity index (χ4v) is 3.94. The first kappa shape index (κ1) is 17.3. The molecule has 2 N–H and O–H groups in total. The molecular formula is C16H31NO3. The third-order valence-electron chi connectivity index (χ3n) is 3.53. The first-order chi connectivity index (χ1) is 8.72. The average Bonchev–Trinajstić information content (AvgIpc) is 2.05. The molecule has 0 spiro atoms. The smallest absolute Gasteiger partial charge is 0.407 e. The van der Waals surface area contributed by atoms with Gasteiger partial charge in [0.25, 0.3) is 0 Å². The van der Waals surface area contributed by atoms with E-state index in [1.807, 2.05) is 20.8 Å². The van der Waals surface area contributed by atoms with Crippen molar-refractivity contribution in [1.29, 1.82) is 0 Å². The van der Waals surface area contributed by atoms with Gasteiger partial charge in [0.2, 0.25) is 0 Å². The summed E-state index contributed by atoms with van der Waals surface area (Å²) in [6.07, 6.45) is 2.00. The summed E-state index contributed by atoms with van der Waals surface area (Å²) in [4.78, 5) is 11.7.